The van der Waals surface area contributed by atoms with Crippen LogP contribution in [0.5, 0.6) is 0 Å². The summed E-state index contributed by atoms with van der Waals surface area (Å²) in [4.78, 5) is 14.8. The molecule has 2 aliphatic rings. The van der Waals surface area contributed by atoms with Crippen molar-refractivity contribution in [2.75, 3.05) is 7.11 Å². The lowest BCUT2D eigenvalue weighted by atomic mass is 10.0. The number of ether oxygens (including phenoxy) is 1. The quantitative estimate of drug-likeness (QED) is 0.635. The number of halogens is 1. The van der Waals surface area contributed by atoms with Crippen molar-refractivity contribution < 1.29 is 9.66 Å². The van der Waals surface area contributed by atoms with Crippen LogP contribution in [0.4, 0.5) is 5.69 Å². The lowest BCUT2D eigenvalue weighted by Gasteiger charge is -2.34. The molecule has 0 bridgehead atoms. The Morgan fingerprint density at radius 1 is 1.52 bits per heavy atom. The Morgan fingerprint density at radius 2 is 2.33 bits per heavy atom. The average Bonchev–Trinajstić information content (AvgIpc) is 2.86. The summed E-state index contributed by atoms with van der Waals surface area (Å²) in [5.41, 5.74) is -0.596. The molecule has 21 heavy (non-hydrogen) atoms. The smallest absolute Gasteiger partial charge is 0.269 e. The van der Waals surface area contributed by atoms with E-state index in [1.165, 1.54) is 24.3 Å². The zero-order chi connectivity index (χ0) is 15.0. The molecule has 1 aromatic carbocycles. The van der Waals surface area contributed by atoms with Crippen molar-refractivity contribution in [1.82, 2.24) is 5.01 Å². The molecule has 7 nitrogen and oxygen atoms in total. The van der Waals surface area contributed by atoms with Crippen LogP contribution in [0.25, 0.3) is 0 Å². The van der Waals surface area contributed by atoms with Crippen LogP contribution >= 0.6 is 11.6 Å². The Bertz CT molecular complexity index is 700. The number of fused-ring (bicyclic) bond motifs is 1. The van der Waals surface area contributed by atoms with Gasteiger partial charge in [0.1, 0.15) is 11.0 Å². The maximum absolute atomic E-state index is 11.0. The summed E-state index contributed by atoms with van der Waals surface area (Å²) >= 11 is 5.98. The molecule has 0 saturated carbocycles. The van der Waals surface area contributed by atoms with Gasteiger partial charge in [0.15, 0.2) is 0 Å². The molecular weight excluding hydrogens is 296 g/mol. The molecular formula is C13H11ClN4O3. The van der Waals surface area contributed by atoms with Crippen molar-refractivity contribution in [2.24, 2.45) is 10.1 Å². The molecule has 2 aliphatic heterocycles. The summed E-state index contributed by atoms with van der Waals surface area (Å²) < 4.78 is 5.58. The van der Waals surface area contributed by atoms with Crippen molar-refractivity contribution in [3.8, 4) is 0 Å². The summed E-state index contributed by atoms with van der Waals surface area (Å²) in [6.45, 7) is 0. The van der Waals surface area contributed by atoms with Crippen LogP contribution in [0.3, 0.4) is 0 Å². The van der Waals surface area contributed by atoms with Crippen LogP contribution in [0, 0.1) is 10.1 Å². The molecule has 3 rings (SSSR count). The minimum absolute atomic E-state index is 0.0261. The number of nitrogens with zero attached hydrogens (tertiary/aromatic N) is 4. The fourth-order valence-corrected chi connectivity index (χ4v) is 2.47. The van der Waals surface area contributed by atoms with E-state index >= 15 is 0 Å². The third-order valence-electron chi connectivity index (χ3n) is 3.35. The zero-order valence-corrected chi connectivity index (χ0v) is 11.8. The van der Waals surface area contributed by atoms with Crippen molar-refractivity contribution in [1.29, 1.82) is 0 Å². The normalized spacial score (nSPS) is 23.6. The number of nitro groups is 1. The minimum atomic E-state index is -1.13. The number of benzene rings is 1. The molecule has 2 heterocycles. The van der Waals surface area contributed by atoms with Gasteiger partial charge in [-0.05, 0) is 6.08 Å². The molecule has 0 aromatic heterocycles. The molecule has 1 unspecified atom stereocenters. The molecule has 8 heteroatoms. The van der Waals surface area contributed by atoms with Gasteiger partial charge >= 0.3 is 0 Å². The number of aliphatic imine (C=N–C) groups is 1. The molecule has 1 aromatic rings. The molecule has 0 aliphatic carbocycles. The third kappa shape index (κ3) is 2.10. The van der Waals surface area contributed by atoms with Gasteiger partial charge in [-0.15, -0.1) is 0 Å². The van der Waals surface area contributed by atoms with E-state index in [1.54, 1.807) is 18.3 Å². The number of non-ortho nitro benzene ring substituents is 1. The second kappa shape index (κ2) is 4.94. The highest BCUT2D eigenvalue weighted by Gasteiger charge is 2.45. The Kier molecular flexibility index (Phi) is 3.23. The molecule has 108 valence electrons. The lowest BCUT2D eigenvalue weighted by Crippen LogP contribution is -2.42. The summed E-state index contributed by atoms with van der Waals surface area (Å²) in [5, 5.41) is 17.1. The molecule has 0 N–H and O–H groups in total. The van der Waals surface area contributed by atoms with Crippen LogP contribution in [0.1, 0.15) is 12.0 Å². The van der Waals surface area contributed by atoms with Gasteiger partial charge in [-0.3, -0.25) is 10.1 Å². The van der Waals surface area contributed by atoms with Crippen LogP contribution in [-0.2, 0) is 10.5 Å². The van der Waals surface area contributed by atoms with Crippen LogP contribution in [-0.4, -0.2) is 28.4 Å². The highest BCUT2D eigenvalue weighted by atomic mass is 35.5. The van der Waals surface area contributed by atoms with Crippen molar-refractivity contribution in [3.05, 3.63) is 51.8 Å². The molecule has 0 saturated heterocycles. The zero-order valence-electron chi connectivity index (χ0n) is 11.1. The van der Waals surface area contributed by atoms with E-state index in [0.717, 1.165) is 0 Å². The molecule has 0 amide bonds. The van der Waals surface area contributed by atoms with E-state index < -0.39 is 10.6 Å². The number of nitro benzene ring substituents is 1. The van der Waals surface area contributed by atoms with Gasteiger partial charge in [-0.2, -0.15) is 5.10 Å². The predicted octanol–water partition coefficient (Wildman–Crippen LogP) is 2.58. The topological polar surface area (TPSA) is 80.3 Å². The number of allylic oxidation sites excluding steroid dienone is 1. The molecule has 0 fully saturated rings. The average molecular weight is 307 g/mol. The van der Waals surface area contributed by atoms with Crippen LogP contribution in [0.2, 0.25) is 0 Å². The van der Waals surface area contributed by atoms with Crippen molar-refractivity contribution >= 4 is 28.7 Å². The van der Waals surface area contributed by atoms with Crippen molar-refractivity contribution in [3.63, 3.8) is 0 Å². The van der Waals surface area contributed by atoms with Crippen molar-refractivity contribution in [2.45, 2.75) is 12.1 Å². The van der Waals surface area contributed by atoms with Gasteiger partial charge < -0.3 is 4.74 Å². The Balaban J connectivity index is 2.11. The fourth-order valence-electron chi connectivity index (χ4n) is 2.32. The van der Waals surface area contributed by atoms with E-state index in [9.17, 15) is 10.1 Å². The Morgan fingerprint density at radius 3 is 3.05 bits per heavy atom. The number of hydrogen-bond acceptors (Lipinski definition) is 6. The SMILES string of the molecule is COC1(c2cccc([N+](=O)[O-])c2)C=NC2=CCC(Cl)=NN21. The highest BCUT2D eigenvalue weighted by Crippen LogP contribution is 2.39. The Labute approximate surface area is 125 Å². The second-order valence-electron chi connectivity index (χ2n) is 4.52. The first-order valence-corrected chi connectivity index (χ1v) is 6.53. The van der Waals surface area contributed by atoms with Gasteiger partial charge in [-0.1, -0.05) is 23.7 Å². The van der Waals surface area contributed by atoms with Gasteiger partial charge in [0, 0.05) is 31.2 Å². The fraction of sp³-hybridized carbons (Fsp3) is 0.231. The monoisotopic (exact) mass is 306 g/mol. The first-order chi connectivity index (χ1) is 10.1. The second-order valence-corrected chi connectivity index (χ2v) is 4.96. The largest absolute Gasteiger partial charge is 0.348 e. The predicted molar refractivity (Wildman–Crippen MR) is 78.1 cm³/mol. The van der Waals surface area contributed by atoms with E-state index in [4.69, 9.17) is 16.3 Å². The summed E-state index contributed by atoms with van der Waals surface area (Å²) in [6, 6.07) is 6.18. The van der Waals surface area contributed by atoms with Gasteiger partial charge in [0.25, 0.3) is 5.69 Å². The Hall–Kier alpha value is -2.25. The lowest BCUT2D eigenvalue weighted by molar-refractivity contribution is -0.385. The van der Waals surface area contributed by atoms with E-state index in [1.807, 2.05) is 6.08 Å². The first-order valence-electron chi connectivity index (χ1n) is 6.15. The summed E-state index contributed by atoms with van der Waals surface area (Å²) in [7, 11) is 1.49. The van der Waals surface area contributed by atoms with E-state index in [2.05, 4.69) is 10.1 Å². The molecule has 0 spiro atoms. The maximum atomic E-state index is 11.0. The summed E-state index contributed by atoms with van der Waals surface area (Å²) in [6.07, 6.45) is 3.89. The van der Waals surface area contributed by atoms with E-state index in [0.29, 0.717) is 23.0 Å². The molecule has 1 atom stereocenters. The van der Waals surface area contributed by atoms with Crippen LogP contribution < -0.4 is 0 Å². The van der Waals surface area contributed by atoms with Gasteiger partial charge in [0.2, 0.25) is 5.72 Å². The standard InChI is InChI=1S/C13H11ClN4O3/c1-21-13(9-3-2-4-10(7-9)18(19)20)8-15-12-6-5-11(14)16-17(12)13/h2-4,6-8H,5H2,1H3. The minimum Gasteiger partial charge on any atom is -0.348 e. The third-order valence-corrected chi connectivity index (χ3v) is 3.58. The number of methoxy groups -OCH3 is 1. The summed E-state index contributed by atoms with van der Waals surface area (Å²) in [5.74, 6) is 0.604. The first kappa shape index (κ1) is 13.7. The maximum Gasteiger partial charge on any atom is 0.269 e. The number of rotatable bonds is 3. The van der Waals surface area contributed by atoms with Gasteiger partial charge in [0.05, 0.1) is 11.1 Å². The van der Waals surface area contributed by atoms with E-state index in [-0.39, 0.29) is 5.69 Å². The highest BCUT2D eigenvalue weighted by molar-refractivity contribution is 6.65. The van der Waals surface area contributed by atoms with Crippen LogP contribution in [0.15, 0.2) is 46.3 Å². The number of hydrogen-bond donors (Lipinski definition) is 0. The van der Waals surface area contributed by atoms with Gasteiger partial charge in [-0.25, -0.2) is 10.0 Å². The molecule has 0 radical (unpaired) electrons. The number of hydrazone groups is 1.